The topological polar surface area (TPSA) is 30.7 Å². The van der Waals surface area contributed by atoms with E-state index in [2.05, 4.69) is 10.3 Å². The van der Waals surface area contributed by atoms with Crippen LogP contribution in [0.4, 0.5) is 4.39 Å². The van der Waals surface area contributed by atoms with Crippen molar-refractivity contribution in [2.24, 2.45) is 0 Å². The molecule has 1 heterocycles. The molecule has 2 aromatic rings. The summed E-state index contributed by atoms with van der Waals surface area (Å²) in [5.41, 5.74) is 1.36. The molecule has 0 fully saturated rings. The van der Waals surface area contributed by atoms with Crippen LogP contribution in [-0.4, -0.2) is 15.0 Å². The Morgan fingerprint density at radius 2 is 2.20 bits per heavy atom. The van der Waals surface area contributed by atoms with Gasteiger partial charge in [0.2, 0.25) is 0 Å². The van der Waals surface area contributed by atoms with Crippen LogP contribution in [0.3, 0.4) is 0 Å². The van der Waals surface area contributed by atoms with Gasteiger partial charge in [-0.15, -0.1) is 16.7 Å². The summed E-state index contributed by atoms with van der Waals surface area (Å²) in [6.45, 7) is 0. The molecule has 0 spiro atoms. The summed E-state index contributed by atoms with van der Waals surface area (Å²) in [4.78, 5) is 0. The maximum Gasteiger partial charge on any atom is 0.141 e. The average Bonchev–Trinajstić information content (AvgIpc) is 2.70. The predicted molar refractivity (Wildman–Crippen MR) is 55.9 cm³/mol. The number of hydrogen-bond acceptors (Lipinski definition) is 2. The SMILES string of the molecule is Fc1ccc(-n2nncc2CCl)cc1Cl. The van der Waals surface area contributed by atoms with Gasteiger partial charge in [0.1, 0.15) is 5.82 Å². The predicted octanol–water partition coefficient (Wildman–Crippen LogP) is 2.80. The van der Waals surface area contributed by atoms with Crippen molar-refractivity contribution in [1.29, 1.82) is 0 Å². The van der Waals surface area contributed by atoms with Crippen molar-refractivity contribution < 1.29 is 4.39 Å². The number of alkyl halides is 1. The smallest absolute Gasteiger partial charge is 0.141 e. The normalized spacial score (nSPS) is 10.6. The molecule has 0 aliphatic heterocycles. The maximum atomic E-state index is 12.9. The number of rotatable bonds is 2. The minimum absolute atomic E-state index is 0.0449. The molecule has 1 aromatic carbocycles. The van der Waals surface area contributed by atoms with Crippen LogP contribution in [0.1, 0.15) is 5.69 Å². The molecule has 0 radical (unpaired) electrons. The summed E-state index contributed by atoms with van der Waals surface area (Å²) in [6, 6.07) is 4.31. The lowest BCUT2D eigenvalue weighted by atomic mass is 10.3. The first-order valence-electron chi connectivity index (χ1n) is 4.13. The minimum Gasteiger partial charge on any atom is -0.216 e. The van der Waals surface area contributed by atoms with Crippen molar-refractivity contribution in [2.75, 3.05) is 0 Å². The quantitative estimate of drug-likeness (QED) is 0.763. The first-order valence-corrected chi connectivity index (χ1v) is 5.04. The van der Waals surface area contributed by atoms with Gasteiger partial charge in [-0.25, -0.2) is 9.07 Å². The third kappa shape index (κ3) is 1.96. The highest BCUT2D eigenvalue weighted by atomic mass is 35.5. The molecule has 0 amide bonds. The fourth-order valence-electron chi connectivity index (χ4n) is 1.18. The summed E-state index contributed by atoms with van der Waals surface area (Å²) in [5.74, 6) is -0.185. The molecular weight excluding hydrogens is 240 g/mol. The van der Waals surface area contributed by atoms with Crippen molar-refractivity contribution in [3.8, 4) is 5.69 Å². The fourth-order valence-corrected chi connectivity index (χ4v) is 1.54. The Kier molecular flexibility index (Phi) is 2.88. The van der Waals surface area contributed by atoms with Gasteiger partial charge in [0.15, 0.2) is 0 Å². The number of hydrogen-bond donors (Lipinski definition) is 0. The Hall–Kier alpha value is -1.13. The molecule has 15 heavy (non-hydrogen) atoms. The molecule has 0 unspecified atom stereocenters. The van der Waals surface area contributed by atoms with Gasteiger partial charge >= 0.3 is 0 Å². The molecule has 0 saturated carbocycles. The lowest BCUT2D eigenvalue weighted by Gasteiger charge is -2.04. The highest BCUT2D eigenvalue weighted by Gasteiger charge is 2.07. The number of halogens is 3. The van der Waals surface area contributed by atoms with Gasteiger partial charge in [-0.05, 0) is 18.2 Å². The highest BCUT2D eigenvalue weighted by Crippen LogP contribution is 2.19. The van der Waals surface area contributed by atoms with E-state index in [-0.39, 0.29) is 10.9 Å². The summed E-state index contributed by atoms with van der Waals surface area (Å²) in [7, 11) is 0. The standard InChI is InChI=1S/C9H6Cl2FN3/c10-4-7-5-13-14-15(7)6-1-2-9(12)8(11)3-6/h1-3,5H,4H2. The molecule has 6 heteroatoms. The van der Waals surface area contributed by atoms with E-state index in [9.17, 15) is 4.39 Å². The van der Waals surface area contributed by atoms with Gasteiger partial charge in [-0.3, -0.25) is 0 Å². The van der Waals surface area contributed by atoms with Crippen LogP contribution in [-0.2, 0) is 5.88 Å². The molecule has 0 N–H and O–H groups in total. The molecular formula is C9H6Cl2FN3. The van der Waals surface area contributed by atoms with E-state index >= 15 is 0 Å². The van der Waals surface area contributed by atoms with Gasteiger partial charge in [0, 0.05) is 0 Å². The van der Waals surface area contributed by atoms with E-state index in [0.29, 0.717) is 5.69 Å². The van der Waals surface area contributed by atoms with Crippen molar-refractivity contribution in [3.05, 3.63) is 40.9 Å². The summed E-state index contributed by atoms with van der Waals surface area (Å²) in [6.07, 6.45) is 1.55. The van der Waals surface area contributed by atoms with E-state index in [0.717, 1.165) is 5.69 Å². The number of benzene rings is 1. The van der Waals surface area contributed by atoms with Crippen LogP contribution in [0, 0.1) is 5.82 Å². The van der Waals surface area contributed by atoms with Crippen LogP contribution in [0.15, 0.2) is 24.4 Å². The second-order valence-corrected chi connectivity index (χ2v) is 3.54. The van der Waals surface area contributed by atoms with Crippen LogP contribution < -0.4 is 0 Å². The highest BCUT2D eigenvalue weighted by molar-refractivity contribution is 6.30. The van der Waals surface area contributed by atoms with Gasteiger partial charge in [-0.2, -0.15) is 0 Å². The third-order valence-electron chi connectivity index (χ3n) is 1.90. The first kappa shape index (κ1) is 10.4. The van der Waals surface area contributed by atoms with Crippen LogP contribution >= 0.6 is 23.2 Å². The Bertz CT molecular complexity index is 484. The first-order chi connectivity index (χ1) is 7.22. The van der Waals surface area contributed by atoms with E-state index in [1.807, 2.05) is 0 Å². The zero-order valence-corrected chi connectivity index (χ0v) is 9.00. The van der Waals surface area contributed by atoms with Crippen LogP contribution in [0.2, 0.25) is 5.02 Å². The molecule has 0 bridgehead atoms. The zero-order chi connectivity index (χ0) is 10.8. The Labute approximate surface area is 95.4 Å². The van der Waals surface area contributed by atoms with Crippen LogP contribution in [0.5, 0.6) is 0 Å². The number of nitrogens with zero attached hydrogens (tertiary/aromatic N) is 3. The summed E-state index contributed by atoms with van der Waals surface area (Å²) in [5, 5.41) is 7.59. The van der Waals surface area contributed by atoms with Gasteiger partial charge in [0.25, 0.3) is 0 Å². The number of aromatic nitrogens is 3. The molecule has 0 aliphatic carbocycles. The van der Waals surface area contributed by atoms with E-state index in [4.69, 9.17) is 23.2 Å². The molecule has 0 atom stereocenters. The molecule has 0 aliphatic rings. The van der Waals surface area contributed by atoms with Crippen molar-refractivity contribution in [3.63, 3.8) is 0 Å². The maximum absolute atomic E-state index is 12.9. The van der Waals surface area contributed by atoms with Crippen molar-refractivity contribution >= 4 is 23.2 Å². The van der Waals surface area contributed by atoms with Gasteiger partial charge < -0.3 is 0 Å². The fraction of sp³-hybridized carbons (Fsp3) is 0.111. The lowest BCUT2D eigenvalue weighted by Crippen LogP contribution is -2.01. The molecule has 0 saturated heterocycles. The Morgan fingerprint density at radius 3 is 2.87 bits per heavy atom. The molecule has 3 nitrogen and oxygen atoms in total. The van der Waals surface area contributed by atoms with E-state index in [1.54, 1.807) is 12.3 Å². The second-order valence-electron chi connectivity index (χ2n) is 2.87. The van der Waals surface area contributed by atoms with Crippen LogP contribution in [0.25, 0.3) is 5.69 Å². The van der Waals surface area contributed by atoms with Gasteiger partial charge in [-0.1, -0.05) is 16.8 Å². The third-order valence-corrected chi connectivity index (χ3v) is 2.47. The zero-order valence-electron chi connectivity index (χ0n) is 7.49. The van der Waals surface area contributed by atoms with E-state index in [1.165, 1.54) is 16.8 Å². The summed E-state index contributed by atoms with van der Waals surface area (Å²) < 4.78 is 14.4. The largest absolute Gasteiger partial charge is 0.216 e. The molecule has 78 valence electrons. The lowest BCUT2D eigenvalue weighted by molar-refractivity contribution is 0.627. The van der Waals surface area contributed by atoms with E-state index < -0.39 is 5.82 Å². The molecule has 1 aromatic heterocycles. The van der Waals surface area contributed by atoms with Gasteiger partial charge in [0.05, 0.1) is 28.5 Å². The average molecular weight is 246 g/mol. The Morgan fingerprint density at radius 1 is 1.40 bits per heavy atom. The summed E-state index contributed by atoms with van der Waals surface area (Å²) >= 11 is 11.3. The molecule has 2 rings (SSSR count). The minimum atomic E-state index is -0.465. The van der Waals surface area contributed by atoms with Crippen molar-refractivity contribution in [2.45, 2.75) is 5.88 Å². The monoisotopic (exact) mass is 245 g/mol. The van der Waals surface area contributed by atoms with Crippen molar-refractivity contribution in [1.82, 2.24) is 15.0 Å². The second kappa shape index (κ2) is 4.16. The Balaban J connectivity index is 2.50.